The van der Waals surface area contributed by atoms with Crippen LogP contribution in [0.25, 0.3) is 0 Å². The third kappa shape index (κ3) is 6.38. The largest absolute Gasteiger partial charge is 0.497 e. The number of benzene rings is 1. The van der Waals surface area contributed by atoms with Gasteiger partial charge >= 0.3 is 6.09 Å². The van der Waals surface area contributed by atoms with Gasteiger partial charge in [-0.25, -0.2) is 4.79 Å². The zero-order valence-electron chi connectivity index (χ0n) is 14.9. The lowest BCUT2D eigenvalue weighted by Crippen LogP contribution is -2.33. The maximum Gasteiger partial charge on any atom is 0.408 e. The Bertz CT molecular complexity index is 478. The van der Waals surface area contributed by atoms with E-state index in [1.807, 2.05) is 26.0 Å². The number of carbonyl (C=O) groups excluding carboxylic acids is 1. The molecule has 1 amide bonds. The molecule has 1 aromatic rings. The molecule has 0 bridgehead atoms. The van der Waals surface area contributed by atoms with Gasteiger partial charge in [0.1, 0.15) is 17.1 Å². The fourth-order valence-corrected chi connectivity index (χ4v) is 2.22. The molecule has 23 heavy (non-hydrogen) atoms. The Balaban J connectivity index is 2.65. The first-order valence-electron chi connectivity index (χ1n) is 8.13. The molecule has 0 unspecified atom stereocenters. The van der Waals surface area contributed by atoms with Crippen LogP contribution in [0.2, 0.25) is 0 Å². The lowest BCUT2D eigenvalue weighted by Gasteiger charge is -2.26. The minimum Gasteiger partial charge on any atom is -0.497 e. The van der Waals surface area contributed by atoms with Crippen molar-refractivity contribution < 1.29 is 19.0 Å². The van der Waals surface area contributed by atoms with Gasteiger partial charge in [0.25, 0.3) is 0 Å². The lowest BCUT2D eigenvalue weighted by molar-refractivity contribution is 0.0361. The maximum absolute atomic E-state index is 12.0. The van der Waals surface area contributed by atoms with Gasteiger partial charge in [0.15, 0.2) is 0 Å². The number of unbranched alkanes of at least 4 members (excludes halogenated alkanes) is 3. The van der Waals surface area contributed by atoms with Crippen molar-refractivity contribution in [2.45, 2.75) is 52.1 Å². The normalized spacial score (nSPS) is 11.0. The highest BCUT2D eigenvalue weighted by Gasteiger charge is 2.26. The van der Waals surface area contributed by atoms with Gasteiger partial charge in [-0.15, -0.1) is 0 Å². The number of amides is 1. The molecule has 0 saturated carbocycles. The number of carbonyl (C=O) groups is 1. The summed E-state index contributed by atoms with van der Waals surface area (Å²) in [6.07, 6.45) is 4.04. The van der Waals surface area contributed by atoms with E-state index in [1.165, 1.54) is 12.8 Å². The van der Waals surface area contributed by atoms with Gasteiger partial charge in [0.2, 0.25) is 0 Å². The van der Waals surface area contributed by atoms with Crippen LogP contribution in [-0.2, 0) is 10.3 Å². The second-order valence-electron chi connectivity index (χ2n) is 5.99. The monoisotopic (exact) mass is 323 g/mol. The van der Waals surface area contributed by atoms with Crippen LogP contribution >= 0.6 is 0 Å². The Morgan fingerprint density at radius 3 is 2.17 bits per heavy atom. The van der Waals surface area contributed by atoms with Crippen LogP contribution in [0.15, 0.2) is 18.2 Å². The molecule has 130 valence electrons. The number of hydrogen-bond donors (Lipinski definition) is 1. The second-order valence-corrected chi connectivity index (χ2v) is 5.99. The zero-order chi connectivity index (χ0) is 17.3. The molecule has 5 nitrogen and oxygen atoms in total. The maximum atomic E-state index is 12.0. The van der Waals surface area contributed by atoms with E-state index in [1.54, 1.807) is 20.3 Å². The quantitative estimate of drug-likeness (QED) is 0.690. The van der Waals surface area contributed by atoms with Crippen molar-refractivity contribution in [1.29, 1.82) is 0 Å². The van der Waals surface area contributed by atoms with E-state index < -0.39 is 11.7 Å². The molecule has 0 heterocycles. The van der Waals surface area contributed by atoms with Gasteiger partial charge < -0.3 is 19.5 Å². The molecule has 0 aliphatic heterocycles. The topological polar surface area (TPSA) is 56.8 Å². The minimum absolute atomic E-state index is 0.409. The Morgan fingerprint density at radius 1 is 1.04 bits per heavy atom. The van der Waals surface area contributed by atoms with E-state index in [4.69, 9.17) is 14.2 Å². The molecule has 0 aliphatic carbocycles. The molecule has 5 heteroatoms. The molecule has 1 aromatic carbocycles. The highest BCUT2D eigenvalue weighted by molar-refractivity contribution is 5.68. The summed E-state index contributed by atoms with van der Waals surface area (Å²) < 4.78 is 16.1. The van der Waals surface area contributed by atoms with E-state index in [2.05, 4.69) is 12.2 Å². The predicted octanol–water partition coefficient (Wildman–Crippen LogP) is 4.25. The first kappa shape index (κ1) is 19.1. The van der Waals surface area contributed by atoms with Crippen molar-refractivity contribution in [2.75, 3.05) is 20.8 Å². The van der Waals surface area contributed by atoms with Crippen LogP contribution in [0, 0.1) is 0 Å². The van der Waals surface area contributed by atoms with E-state index in [9.17, 15) is 4.79 Å². The number of methoxy groups -OCH3 is 2. The van der Waals surface area contributed by atoms with Crippen LogP contribution in [0.5, 0.6) is 11.5 Å². The van der Waals surface area contributed by atoms with Crippen LogP contribution in [-0.4, -0.2) is 26.9 Å². The summed E-state index contributed by atoms with van der Waals surface area (Å²) in [5.41, 5.74) is 0.0322. The molecular weight excluding hydrogens is 294 g/mol. The third-order valence-electron chi connectivity index (χ3n) is 3.69. The zero-order valence-corrected chi connectivity index (χ0v) is 14.9. The first-order chi connectivity index (χ1) is 10.9. The number of hydrogen-bond acceptors (Lipinski definition) is 4. The summed E-state index contributed by atoms with van der Waals surface area (Å²) >= 11 is 0. The summed E-state index contributed by atoms with van der Waals surface area (Å²) in [5, 5.41) is 2.80. The number of rotatable bonds is 9. The second kappa shape index (κ2) is 9.28. The van der Waals surface area contributed by atoms with Crippen molar-refractivity contribution in [3.8, 4) is 11.5 Å². The number of alkyl carbamates (subject to hydrolysis) is 1. The fraction of sp³-hybridized carbons (Fsp3) is 0.611. The lowest BCUT2D eigenvalue weighted by atomic mass is 9.97. The summed E-state index contributed by atoms with van der Waals surface area (Å²) in [5.74, 6) is 1.33. The first-order valence-corrected chi connectivity index (χ1v) is 8.13. The smallest absolute Gasteiger partial charge is 0.408 e. The van der Waals surface area contributed by atoms with E-state index >= 15 is 0 Å². The van der Waals surface area contributed by atoms with Crippen LogP contribution < -0.4 is 14.8 Å². The fourth-order valence-electron chi connectivity index (χ4n) is 2.22. The molecule has 0 spiro atoms. The standard InChI is InChI=1S/C18H29NO4/c1-6-7-8-9-10-19-17(20)23-18(2,3)14-11-15(21-4)13-16(12-14)22-5/h11-13H,6-10H2,1-5H3,(H,19,20). The van der Waals surface area contributed by atoms with Crippen LogP contribution in [0.1, 0.15) is 52.0 Å². The molecular formula is C18H29NO4. The van der Waals surface area contributed by atoms with Gasteiger partial charge in [-0.3, -0.25) is 0 Å². The molecule has 0 fully saturated rings. The van der Waals surface area contributed by atoms with Gasteiger partial charge in [-0.1, -0.05) is 26.2 Å². The Kier molecular flexibility index (Phi) is 7.72. The molecule has 1 N–H and O–H groups in total. The van der Waals surface area contributed by atoms with Crippen molar-refractivity contribution in [2.24, 2.45) is 0 Å². The highest BCUT2D eigenvalue weighted by Crippen LogP contribution is 2.32. The number of nitrogens with one attached hydrogen (secondary N) is 1. The van der Waals surface area contributed by atoms with E-state index in [0.29, 0.717) is 18.0 Å². The molecule has 0 aromatic heterocycles. The Morgan fingerprint density at radius 2 is 1.65 bits per heavy atom. The van der Waals surface area contributed by atoms with Crippen molar-refractivity contribution >= 4 is 6.09 Å². The van der Waals surface area contributed by atoms with E-state index in [0.717, 1.165) is 18.4 Å². The summed E-state index contributed by atoms with van der Waals surface area (Å²) in [7, 11) is 3.19. The van der Waals surface area contributed by atoms with Crippen LogP contribution in [0.4, 0.5) is 4.79 Å². The van der Waals surface area contributed by atoms with Gasteiger partial charge in [-0.2, -0.15) is 0 Å². The average Bonchev–Trinajstić information content (AvgIpc) is 2.53. The summed E-state index contributed by atoms with van der Waals surface area (Å²) in [6.45, 7) is 6.48. The Labute approximate surface area is 139 Å². The SMILES string of the molecule is CCCCCCNC(=O)OC(C)(C)c1cc(OC)cc(OC)c1. The third-order valence-corrected chi connectivity index (χ3v) is 3.69. The molecule has 0 aliphatic rings. The van der Waals surface area contributed by atoms with Crippen molar-refractivity contribution in [3.05, 3.63) is 23.8 Å². The van der Waals surface area contributed by atoms with Gasteiger partial charge in [0, 0.05) is 18.2 Å². The summed E-state index contributed by atoms with van der Waals surface area (Å²) in [4.78, 5) is 12.0. The van der Waals surface area contributed by atoms with Crippen LogP contribution in [0.3, 0.4) is 0 Å². The highest BCUT2D eigenvalue weighted by atomic mass is 16.6. The van der Waals surface area contributed by atoms with Crippen molar-refractivity contribution in [1.82, 2.24) is 5.32 Å². The molecule has 0 saturated heterocycles. The molecule has 1 rings (SSSR count). The van der Waals surface area contributed by atoms with Crippen molar-refractivity contribution in [3.63, 3.8) is 0 Å². The Hall–Kier alpha value is -1.91. The summed E-state index contributed by atoms with van der Waals surface area (Å²) in [6, 6.07) is 5.47. The predicted molar refractivity (Wildman–Crippen MR) is 91.2 cm³/mol. The molecule has 0 atom stereocenters. The minimum atomic E-state index is -0.782. The number of ether oxygens (including phenoxy) is 3. The molecule has 0 radical (unpaired) electrons. The van der Waals surface area contributed by atoms with Gasteiger partial charge in [0.05, 0.1) is 14.2 Å². The average molecular weight is 323 g/mol. The van der Waals surface area contributed by atoms with E-state index in [-0.39, 0.29) is 0 Å². The van der Waals surface area contributed by atoms with Gasteiger partial charge in [-0.05, 0) is 32.4 Å².